The molecule has 1 heterocycles. The number of hydrogen-bond donors (Lipinski definition) is 0. The van der Waals surface area contributed by atoms with Crippen LogP contribution >= 0.6 is 27.3 Å². The SMILES string of the molecule is O=[N+]([O-])c1ccc(/C=C/Br)s1. The van der Waals surface area contributed by atoms with E-state index in [1.54, 1.807) is 17.1 Å². The fraction of sp³-hybridized carbons (Fsp3) is 0. The van der Waals surface area contributed by atoms with E-state index in [2.05, 4.69) is 15.9 Å². The first-order chi connectivity index (χ1) is 5.24. The van der Waals surface area contributed by atoms with Gasteiger partial charge in [-0.1, -0.05) is 27.3 Å². The van der Waals surface area contributed by atoms with Gasteiger partial charge in [-0.2, -0.15) is 0 Å². The van der Waals surface area contributed by atoms with Crippen LogP contribution in [0.1, 0.15) is 4.88 Å². The molecule has 1 aromatic heterocycles. The molecule has 0 amide bonds. The molecule has 0 radical (unpaired) electrons. The normalized spacial score (nSPS) is 10.6. The number of halogens is 1. The zero-order valence-electron chi connectivity index (χ0n) is 5.36. The third-order valence-electron chi connectivity index (χ3n) is 1.02. The summed E-state index contributed by atoms with van der Waals surface area (Å²) in [4.78, 5) is 12.3. The summed E-state index contributed by atoms with van der Waals surface area (Å²) in [6.45, 7) is 0. The second kappa shape index (κ2) is 3.64. The molecule has 3 nitrogen and oxygen atoms in total. The first-order valence-electron chi connectivity index (χ1n) is 2.75. The minimum atomic E-state index is -0.393. The summed E-state index contributed by atoms with van der Waals surface area (Å²) in [5, 5.41) is 10.4. The molecule has 1 aromatic rings. The van der Waals surface area contributed by atoms with E-state index in [1.165, 1.54) is 6.07 Å². The molecule has 0 aliphatic carbocycles. The van der Waals surface area contributed by atoms with Crippen LogP contribution in [0.25, 0.3) is 6.08 Å². The van der Waals surface area contributed by atoms with Gasteiger partial charge < -0.3 is 0 Å². The van der Waals surface area contributed by atoms with Crippen molar-refractivity contribution in [1.82, 2.24) is 0 Å². The Bertz CT molecular complexity index is 295. The minimum Gasteiger partial charge on any atom is -0.258 e. The third kappa shape index (κ3) is 2.13. The van der Waals surface area contributed by atoms with Crippen molar-refractivity contribution >= 4 is 38.3 Å². The zero-order chi connectivity index (χ0) is 8.27. The van der Waals surface area contributed by atoms with Crippen LogP contribution in [0.3, 0.4) is 0 Å². The highest BCUT2D eigenvalue weighted by Gasteiger charge is 2.06. The molecular formula is C6H4BrNO2S. The van der Waals surface area contributed by atoms with Crippen LogP contribution in [0.4, 0.5) is 5.00 Å². The van der Waals surface area contributed by atoms with Crippen molar-refractivity contribution in [2.45, 2.75) is 0 Å². The maximum atomic E-state index is 10.2. The lowest BCUT2D eigenvalue weighted by Crippen LogP contribution is -1.80. The Hall–Kier alpha value is -0.680. The fourth-order valence-electron chi connectivity index (χ4n) is 0.592. The van der Waals surface area contributed by atoms with E-state index in [0.717, 1.165) is 16.2 Å². The van der Waals surface area contributed by atoms with Crippen molar-refractivity contribution in [1.29, 1.82) is 0 Å². The molecule has 0 atom stereocenters. The summed E-state index contributed by atoms with van der Waals surface area (Å²) < 4.78 is 0. The topological polar surface area (TPSA) is 43.1 Å². The van der Waals surface area contributed by atoms with Crippen LogP contribution in [-0.2, 0) is 0 Å². The summed E-state index contributed by atoms with van der Waals surface area (Å²) in [5.41, 5.74) is 0. The molecule has 0 aromatic carbocycles. The van der Waals surface area contributed by atoms with Gasteiger partial charge in [0.05, 0.1) is 4.92 Å². The van der Waals surface area contributed by atoms with Crippen LogP contribution in [0.5, 0.6) is 0 Å². The van der Waals surface area contributed by atoms with Crippen molar-refractivity contribution in [3.63, 3.8) is 0 Å². The third-order valence-corrected chi connectivity index (χ3v) is 2.29. The molecule has 0 fully saturated rings. The maximum absolute atomic E-state index is 10.2. The molecule has 58 valence electrons. The highest BCUT2D eigenvalue weighted by Crippen LogP contribution is 2.24. The van der Waals surface area contributed by atoms with E-state index in [4.69, 9.17) is 0 Å². The number of thiophene rings is 1. The van der Waals surface area contributed by atoms with E-state index >= 15 is 0 Å². The molecule has 0 aliphatic rings. The first kappa shape index (κ1) is 8.42. The van der Waals surface area contributed by atoms with E-state index in [1.807, 2.05) is 0 Å². The van der Waals surface area contributed by atoms with Crippen LogP contribution in [0.15, 0.2) is 17.1 Å². The summed E-state index contributed by atoms with van der Waals surface area (Å²) in [6, 6.07) is 3.20. The summed E-state index contributed by atoms with van der Waals surface area (Å²) in [6.07, 6.45) is 1.76. The molecule has 0 saturated heterocycles. The first-order valence-corrected chi connectivity index (χ1v) is 4.48. The Kier molecular flexibility index (Phi) is 2.78. The Morgan fingerprint density at radius 2 is 2.36 bits per heavy atom. The van der Waals surface area contributed by atoms with Gasteiger partial charge in [-0.05, 0) is 17.1 Å². The quantitative estimate of drug-likeness (QED) is 0.583. The molecular weight excluding hydrogens is 230 g/mol. The summed E-state index contributed by atoms with van der Waals surface area (Å²) in [5.74, 6) is 0. The molecule has 0 bridgehead atoms. The predicted octanol–water partition coefficient (Wildman–Crippen LogP) is 3.02. The lowest BCUT2D eigenvalue weighted by Gasteiger charge is -1.79. The second-order valence-corrected chi connectivity index (χ2v) is 3.35. The van der Waals surface area contributed by atoms with Crippen molar-refractivity contribution in [2.75, 3.05) is 0 Å². The molecule has 0 N–H and O–H groups in total. The smallest absolute Gasteiger partial charge is 0.258 e. The van der Waals surface area contributed by atoms with Gasteiger partial charge in [0.25, 0.3) is 0 Å². The Morgan fingerprint density at radius 3 is 2.82 bits per heavy atom. The standard InChI is InChI=1S/C6H4BrNO2S/c7-4-3-5-1-2-6(11-5)8(9)10/h1-4H/b4-3+. The van der Waals surface area contributed by atoms with Gasteiger partial charge in [0, 0.05) is 10.9 Å². The van der Waals surface area contributed by atoms with Gasteiger partial charge in [-0.3, -0.25) is 10.1 Å². The molecule has 0 aliphatic heterocycles. The molecule has 0 spiro atoms. The number of rotatable bonds is 2. The molecule has 1 rings (SSSR count). The van der Waals surface area contributed by atoms with Crippen molar-refractivity contribution in [3.05, 3.63) is 32.1 Å². The van der Waals surface area contributed by atoms with Gasteiger partial charge in [0.1, 0.15) is 0 Å². The van der Waals surface area contributed by atoms with E-state index in [-0.39, 0.29) is 5.00 Å². The average Bonchev–Trinajstić information content (AvgIpc) is 2.37. The van der Waals surface area contributed by atoms with Crippen molar-refractivity contribution in [3.8, 4) is 0 Å². The Balaban J connectivity index is 2.90. The van der Waals surface area contributed by atoms with Gasteiger partial charge in [-0.15, -0.1) is 0 Å². The second-order valence-electron chi connectivity index (χ2n) is 1.73. The van der Waals surface area contributed by atoms with Crippen LogP contribution in [-0.4, -0.2) is 4.92 Å². The molecule has 5 heteroatoms. The van der Waals surface area contributed by atoms with Gasteiger partial charge in [0.2, 0.25) is 0 Å². The Morgan fingerprint density at radius 1 is 1.64 bits per heavy atom. The fourth-order valence-corrected chi connectivity index (χ4v) is 1.78. The Labute approximate surface area is 75.6 Å². The molecule has 0 saturated carbocycles. The lowest BCUT2D eigenvalue weighted by atomic mass is 10.5. The van der Waals surface area contributed by atoms with Crippen molar-refractivity contribution in [2.24, 2.45) is 0 Å². The molecule has 0 unspecified atom stereocenters. The highest BCUT2D eigenvalue weighted by atomic mass is 79.9. The van der Waals surface area contributed by atoms with Gasteiger partial charge in [0.15, 0.2) is 0 Å². The van der Waals surface area contributed by atoms with E-state index < -0.39 is 4.92 Å². The van der Waals surface area contributed by atoms with Gasteiger partial charge >= 0.3 is 5.00 Å². The van der Waals surface area contributed by atoms with Gasteiger partial charge in [-0.25, -0.2) is 0 Å². The molecule has 11 heavy (non-hydrogen) atoms. The van der Waals surface area contributed by atoms with Crippen LogP contribution in [0.2, 0.25) is 0 Å². The largest absolute Gasteiger partial charge is 0.324 e. The van der Waals surface area contributed by atoms with Crippen LogP contribution in [0, 0.1) is 10.1 Å². The monoisotopic (exact) mass is 233 g/mol. The highest BCUT2D eigenvalue weighted by molar-refractivity contribution is 9.11. The van der Waals surface area contributed by atoms with E-state index in [9.17, 15) is 10.1 Å². The minimum absolute atomic E-state index is 0.172. The summed E-state index contributed by atoms with van der Waals surface area (Å²) in [7, 11) is 0. The maximum Gasteiger partial charge on any atom is 0.324 e. The number of nitrogens with zero attached hydrogens (tertiary/aromatic N) is 1. The zero-order valence-corrected chi connectivity index (χ0v) is 7.76. The lowest BCUT2D eigenvalue weighted by molar-refractivity contribution is -0.380. The average molecular weight is 234 g/mol. The van der Waals surface area contributed by atoms with Crippen LogP contribution < -0.4 is 0 Å². The number of nitro groups is 1. The summed E-state index contributed by atoms with van der Waals surface area (Å²) >= 11 is 4.24. The predicted molar refractivity (Wildman–Crippen MR) is 48.9 cm³/mol. The van der Waals surface area contributed by atoms with E-state index in [0.29, 0.717) is 0 Å². The number of hydrogen-bond acceptors (Lipinski definition) is 3. The van der Waals surface area contributed by atoms with Crippen molar-refractivity contribution < 1.29 is 4.92 Å².